The summed E-state index contributed by atoms with van der Waals surface area (Å²) in [5.74, 6) is 0.337. The molecule has 112 valence electrons. The van der Waals surface area contributed by atoms with Gasteiger partial charge in [0.1, 0.15) is 17.6 Å². The first kappa shape index (κ1) is 15.5. The van der Waals surface area contributed by atoms with Crippen LogP contribution in [0.1, 0.15) is 25.3 Å². The Morgan fingerprint density at radius 3 is 2.81 bits per heavy atom. The van der Waals surface area contributed by atoms with Crippen LogP contribution in [0, 0.1) is 11.3 Å². The molecular weight excluding hydrogens is 295 g/mol. The van der Waals surface area contributed by atoms with Crippen LogP contribution in [-0.4, -0.2) is 36.2 Å². The lowest BCUT2D eigenvalue weighted by Crippen LogP contribution is -2.48. The third-order valence-electron chi connectivity index (χ3n) is 3.56. The summed E-state index contributed by atoms with van der Waals surface area (Å²) in [6.07, 6.45) is 2.05. The topological polar surface area (TPSA) is 69.0 Å². The molecule has 5 nitrogen and oxygen atoms in total. The van der Waals surface area contributed by atoms with Gasteiger partial charge in [-0.15, -0.1) is 0 Å². The SMILES string of the molecule is CC(=O)NCC1(F)CCN(c2ncc(C#N)cc2Cl)CC1. The van der Waals surface area contributed by atoms with Gasteiger partial charge in [0.05, 0.1) is 17.1 Å². The van der Waals surface area contributed by atoms with Crippen molar-refractivity contribution in [2.75, 3.05) is 24.5 Å². The highest BCUT2D eigenvalue weighted by Gasteiger charge is 2.35. The number of hydrogen-bond acceptors (Lipinski definition) is 4. The number of rotatable bonds is 3. The first-order valence-electron chi connectivity index (χ1n) is 6.67. The van der Waals surface area contributed by atoms with Crippen LogP contribution in [0.15, 0.2) is 12.3 Å². The van der Waals surface area contributed by atoms with Crippen molar-refractivity contribution in [2.24, 2.45) is 0 Å². The van der Waals surface area contributed by atoms with Crippen molar-refractivity contribution < 1.29 is 9.18 Å². The van der Waals surface area contributed by atoms with Gasteiger partial charge in [-0.25, -0.2) is 9.37 Å². The molecule has 21 heavy (non-hydrogen) atoms. The second kappa shape index (κ2) is 6.27. The number of anilines is 1. The minimum absolute atomic E-state index is 0.0324. The van der Waals surface area contributed by atoms with E-state index in [0.717, 1.165) is 0 Å². The molecule has 0 saturated carbocycles. The van der Waals surface area contributed by atoms with Crippen molar-refractivity contribution in [3.63, 3.8) is 0 Å². The second-order valence-corrected chi connectivity index (χ2v) is 5.60. The van der Waals surface area contributed by atoms with E-state index in [2.05, 4.69) is 10.3 Å². The Labute approximate surface area is 127 Å². The van der Waals surface area contributed by atoms with Crippen LogP contribution >= 0.6 is 11.6 Å². The molecule has 1 saturated heterocycles. The Hall–Kier alpha value is -1.87. The standard InChI is InChI=1S/C14H16ClFN4O/c1-10(21)19-9-14(16)2-4-20(5-3-14)13-12(15)6-11(7-17)8-18-13/h6,8H,2-5,9H2,1H3,(H,19,21). The van der Waals surface area contributed by atoms with Crippen LogP contribution in [0.2, 0.25) is 5.02 Å². The van der Waals surface area contributed by atoms with Crippen molar-refractivity contribution in [2.45, 2.75) is 25.4 Å². The van der Waals surface area contributed by atoms with Gasteiger partial charge in [0.15, 0.2) is 0 Å². The van der Waals surface area contributed by atoms with Gasteiger partial charge >= 0.3 is 0 Å². The summed E-state index contributed by atoms with van der Waals surface area (Å²) >= 11 is 6.11. The van der Waals surface area contributed by atoms with Gasteiger partial charge in [0.25, 0.3) is 0 Å². The fourth-order valence-corrected chi connectivity index (χ4v) is 2.59. The predicted molar refractivity (Wildman–Crippen MR) is 77.9 cm³/mol. The number of carbonyl (C=O) groups excluding carboxylic acids is 1. The fourth-order valence-electron chi connectivity index (χ4n) is 2.30. The first-order valence-corrected chi connectivity index (χ1v) is 7.05. The highest BCUT2D eigenvalue weighted by Crippen LogP contribution is 2.31. The molecule has 1 fully saturated rings. The highest BCUT2D eigenvalue weighted by molar-refractivity contribution is 6.33. The maximum atomic E-state index is 14.5. The number of nitrogens with zero attached hydrogens (tertiary/aromatic N) is 3. The van der Waals surface area contributed by atoms with Gasteiger partial charge in [-0.1, -0.05) is 11.6 Å². The minimum atomic E-state index is -1.39. The Bertz CT molecular complexity index is 579. The van der Waals surface area contributed by atoms with E-state index in [1.54, 1.807) is 6.07 Å². The zero-order valence-corrected chi connectivity index (χ0v) is 12.5. The third kappa shape index (κ3) is 3.82. The number of nitriles is 1. The summed E-state index contributed by atoms with van der Waals surface area (Å²) in [7, 11) is 0. The molecule has 0 unspecified atom stereocenters. The van der Waals surface area contributed by atoms with E-state index in [4.69, 9.17) is 16.9 Å². The summed E-state index contributed by atoms with van der Waals surface area (Å²) < 4.78 is 14.5. The monoisotopic (exact) mass is 310 g/mol. The molecular formula is C14H16ClFN4O. The van der Waals surface area contributed by atoms with Crippen molar-refractivity contribution >= 4 is 23.3 Å². The summed E-state index contributed by atoms with van der Waals surface area (Å²) in [6.45, 7) is 2.34. The number of amides is 1. The fraction of sp³-hybridized carbons (Fsp3) is 0.500. The van der Waals surface area contributed by atoms with Crippen LogP contribution in [0.3, 0.4) is 0 Å². The van der Waals surface area contributed by atoms with E-state index in [1.807, 2.05) is 11.0 Å². The number of carbonyl (C=O) groups is 1. The van der Waals surface area contributed by atoms with Crippen LogP contribution in [0.4, 0.5) is 10.2 Å². The number of nitrogens with one attached hydrogen (secondary N) is 1. The zero-order valence-electron chi connectivity index (χ0n) is 11.7. The van der Waals surface area contributed by atoms with E-state index in [-0.39, 0.29) is 12.5 Å². The Balaban J connectivity index is 2.01. The van der Waals surface area contributed by atoms with Crippen LogP contribution in [0.5, 0.6) is 0 Å². The molecule has 1 aliphatic rings. The summed E-state index contributed by atoms with van der Waals surface area (Å²) in [6, 6.07) is 3.53. The van der Waals surface area contributed by atoms with Crippen LogP contribution < -0.4 is 10.2 Å². The van der Waals surface area contributed by atoms with Crippen molar-refractivity contribution in [3.8, 4) is 6.07 Å². The van der Waals surface area contributed by atoms with E-state index in [9.17, 15) is 9.18 Å². The average molecular weight is 311 g/mol. The normalized spacial score (nSPS) is 17.1. The molecule has 0 aliphatic carbocycles. The summed E-state index contributed by atoms with van der Waals surface area (Å²) in [5, 5.41) is 11.7. The third-order valence-corrected chi connectivity index (χ3v) is 3.84. The minimum Gasteiger partial charge on any atom is -0.355 e. The number of alkyl halides is 1. The zero-order chi connectivity index (χ0) is 15.5. The number of halogens is 2. The van der Waals surface area contributed by atoms with Gasteiger partial charge in [-0.3, -0.25) is 4.79 Å². The molecule has 1 amide bonds. The Kier molecular flexibility index (Phi) is 4.63. The van der Waals surface area contributed by atoms with E-state index < -0.39 is 5.67 Å². The van der Waals surface area contributed by atoms with Crippen LogP contribution in [-0.2, 0) is 4.79 Å². The Morgan fingerprint density at radius 1 is 1.62 bits per heavy atom. The molecule has 1 N–H and O–H groups in total. The molecule has 0 spiro atoms. The lowest BCUT2D eigenvalue weighted by Gasteiger charge is -2.37. The number of pyridine rings is 1. The van der Waals surface area contributed by atoms with Gasteiger partial charge in [0, 0.05) is 39.1 Å². The smallest absolute Gasteiger partial charge is 0.216 e. The molecule has 0 bridgehead atoms. The van der Waals surface area contributed by atoms with Crippen LogP contribution in [0.25, 0.3) is 0 Å². The van der Waals surface area contributed by atoms with Gasteiger partial charge in [-0.2, -0.15) is 5.26 Å². The largest absolute Gasteiger partial charge is 0.355 e. The number of hydrogen-bond donors (Lipinski definition) is 1. The first-order chi connectivity index (χ1) is 9.93. The van der Waals surface area contributed by atoms with E-state index >= 15 is 0 Å². The molecule has 0 aromatic carbocycles. The lowest BCUT2D eigenvalue weighted by molar-refractivity contribution is -0.119. The molecule has 1 aromatic heterocycles. The van der Waals surface area contributed by atoms with Gasteiger partial charge in [0.2, 0.25) is 5.91 Å². The average Bonchev–Trinajstić information content (AvgIpc) is 2.46. The molecule has 7 heteroatoms. The highest BCUT2D eigenvalue weighted by atomic mass is 35.5. The van der Waals surface area contributed by atoms with Crippen molar-refractivity contribution in [1.29, 1.82) is 5.26 Å². The maximum Gasteiger partial charge on any atom is 0.216 e. The predicted octanol–water partition coefficient (Wildman–Crippen LogP) is 2.05. The molecule has 1 aliphatic heterocycles. The molecule has 1 aromatic rings. The van der Waals surface area contributed by atoms with E-state index in [1.165, 1.54) is 13.1 Å². The summed E-state index contributed by atoms with van der Waals surface area (Å²) in [5.41, 5.74) is -0.993. The lowest BCUT2D eigenvalue weighted by atomic mass is 9.93. The quantitative estimate of drug-likeness (QED) is 0.927. The molecule has 2 rings (SSSR count). The molecule has 0 atom stereocenters. The number of aromatic nitrogens is 1. The second-order valence-electron chi connectivity index (χ2n) is 5.19. The molecule has 2 heterocycles. The van der Waals surface area contributed by atoms with Gasteiger partial charge < -0.3 is 10.2 Å². The summed E-state index contributed by atoms with van der Waals surface area (Å²) in [4.78, 5) is 16.9. The van der Waals surface area contributed by atoms with E-state index in [0.29, 0.717) is 42.3 Å². The maximum absolute atomic E-state index is 14.5. The van der Waals surface area contributed by atoms with Crippen molar-refractivity contribution in [3.05, 3.63) is 22.8 Å². The Morgan fingerprint density at radius 2 is 2.29 bits per heavy atom. The molecule has 0 radical (unpaired) electrons. The van der Waals surface area contributed by atoms with Gasteiger partial charge in [-0.05, 0) is 6.07 Å². The van der Waals surface area contributed by atoms with Crippen molar-refractivity contribution in [1.82, 2.24) is 10.3 Å². The number of piperidine rings is 1.